The summed E-state index contributed by atoms with van der Waals surface area (Å²) in [7, 11) is 2.18. The number of hydrogen-bond donors (Lipinski definition) is 1. The number of rotatable bonds is 1. The first-order chi connectivity index (χ1) is 8.25. The number of carbonyl (C=O) groups excluding carboxylic acids is 1. The van der Waals surface area contributed by atoms with Crippen LogP contribution in [0.2, 0.25) is 0 Å². The molecule has 0 unspecified atom stereocenters. The normalized spacial score (nSPS) is 24.5. The maximum absolute atomic E-state index is 11.2. The zero-order chi connectivity index (χ0) is 12.7. The van der Waals surface area contributed by atoms with Crippen LogP contribution < -0.4 is 5.32 Å². The fraction of sp³-hybridized carbons (Fsp3) is 0.923. The summed E-state index contributed by atoms with van der Waals surface area (Å²) in [6.45, 7) is 9.19. The fourth-order valence-electron chi connectivity index (χ4n) is 2.51. The first-order valence-electron chi connectivity index (χ1n) is 6.95. The predicted molar refractivity (Wildman–Crippen MR) is 71.1 cm³/mol. The highest BCUT2D eigenvalue weighted by Gasteiger charge is 2.24. The minimum absolute atomic E-state index is 0.213. The van der Waals surface area contributed by atoms with E-state index in [1.165, 1.54) is 25.9 Å². The molecule has 0 spiro atoms. The molecule has 2 rings (SSSR count). The molecular weight excluding hydrogens is 214 g/mol. The van der Waals surface area contributed by atoms with Crippen molar-refractivity contribution in [1.82, 2.24) is 15.1 Å². The van der Waals surface area contributed by atoms with E-state index in [1.807, 2.05) is 13.8 Å². The van der Waals surface area contributed by atoms with Crippen molar-refractivity contribution in [3.8, 4) is 0 Å². The molecule has 2 aliphatic rings. The van der Waals surface area contributed by atoms with Gasteiger partial charge in [-0.05, 0) is 33.0 Å². The standard InChI is InChI=1S/C11H21N3O.C2H6/c1-13-6-2-10(3-7-13)14-8-4-11(15)12-5-9-14;1-2/h10H,2-9H2,1H3,(H,12,15);1-2H3. The summed E-state index contributed by atoms with van der Waals surface area (Å²) in [6, 6.07) is 0.703. The summed E-state index contributed by atoms with van der Waals surface area (Å²) in [5, 5.41) is 2.93. The largest absolute Gasteiger partial charge is 0.355 e. The maximum Gasteiger partial charge on any atom is 0.221 e. The van der Waals surface area contributed by atoms with Crippen molar-refractivity contribution in [3.05, 3.63) is 0 Å². The average Bonchev–Trinajstić information content (AvgIpc) is 2.58. The lowest BCUT2D eigenvalue weighted by atomic mass is 10.0. The number of carbonyl (C=O) groups is 1. The first kappa shape index (κ1) is 14.5. The highest BCUT2D eigenvalue weighted by Crippen LogP contribution is 2.16. The lowest BCUT2D eigenvalue weighted by Crippen LogP contribution is -2.44. The SMILES string of the molecule is CC.CN1CCC(N2CCNC(=O)CC2)CC1. The zero-order valence-corrected chi connectivity index (χ0v) is 11.5. The van der Waals surface area contributed by atoms with E-state index in [2.05, 4.69) is 22.2 Å². The molecule has 0 aliphatic carbocycles. The average molecular weight is 241 g/mol. The van der Waals surface area contributed by atoms with Crippen molar-refractivity contribution in [1.29, 1.82) is 0 Å². The van der Waals surface area contributed by atoms with Crippen molar-refractivity contribution in [2.45, 2.75) is 39.2 Å². The number of amides is 1. The van der Waals surface area contributed by atoms with Gasteiger partial charge in [-0.2, -0.15) is 0 Å². The van der Waals surface area contributed by atoms with E-state index in [0.717, 1.165) is 19.6 Å². The molecule has 2 saturated heterocycles. The lowest BCUT2D eigenvalue weighted by Gasteiger charge is -2.36. The van der Waals surface area contributed by atoms with Crippen molar-refractivity contribution in [2.24, 2.45) is 0 Å². The lowest BCUT2D eigenvalue weighted by molar-refractivity contribution is -0.120. The summed E-state index contributed by atoms with van der Waals surface area (Å²) in [4.78, 5) is 16.1. The van der Waals surface area contributed by atoms with Crippen LogP contribution in [-0.2, 0) is 4.79 Å². The third kappa shape index (κ3) is 4.64. The topological polar surface area (TPSA) is 35.6 Å². The molecule has 0 bridgehead atoms. The van der Waals surface area contributed by atoms with Crippen LogP contribution in [0.4, 0.5) is 0 Å². The summed E-state index contributed by atoms with van der Waals surface area (Å²) in [5.74, 6) is 0.213. The molecule has 0 aromatic heterocycles. The van der Waals surface area contributed by atoms with Gasteiger partial charge >= 0.3 is 0 Å². The Balaban J connectivity index is 0.000000686. The van der Waals surface area contributed by atoms with Gasteiger partial charge in [0, 0.05) is 32.1 Å². The molecule has 0 saturated carbocycles. The quantitative estimate of drug-likeness (QED) is 0.742. The highest BCUT2D eigenvalue weighted by molar-refractivity contribution is 5.76. The Morgan fingerprint density at radius 1 is 1.12 bits per heavy atom. The predicted octanol–water partition coefficient (Wildman–Crippen LogP) is 0.929. The van der Waals surface area contributed by atoms with Gasteiger partial charge in [-0.15, -0.1) is 0 Å². The van der Waals surface area contributed by atoms with Crippen LogP contribution in [0, 0.1) is 0 Å². The smallest absolute Gasteiger partial charge is 0.221 e. The van der Waals surface area contributed by atoms with Gasteiger partial charge in [0.1, 0.15) is 0 Å². The molecule has 1 amide bonds. The molecule has 17 heavy (non-hydrogen) atoms. The third-order valence-electron chi connectivity index (χ3n) is 3.55. The fourth-order valence-corrected chi connectivity index (χ4v) is 2.51. The first-order valence-corrected chi connectivity index (χ1v) is 6.95. The Morgan fingerprint density at radius 3 is 2.41 bits per heavy atom. The Hall–Kier alpha value is -0.610. The van der Waals surface area contributed by atoms with E-state index in [9.17, 15) is 4.79 Å². The molecule has 2 heterocycles. The summed E-state index contributed by atoms with van der Waals surface area (Å²) >= 11 is 0. The molecule has 0 aromatic carbocycles. The van der Waals surface area contributed by atoms with Crippen molar-refractivity contribution < 1.29 is 4.79 Å². The minimum atomic E-state index is 0.213. The molecule has 1 N–H and O–H groups in total. The second kappa shape index (κ2) is 7.67. The van der Waals surface area contributed by atoms with Gasteiger partial charge in [-0.25, -0.2) is 0 Å². The van der Waals surface area contributed by atoms with Crippen LogP contribution in [0.25, 0.3) is 0 Å². The number of likely N-dealkylation sites (tertiary alicyclic amines) is 1. The number of piperidine rings is 1. The van der Waals surface area contributed by atoms with E-state index in [0.29, 0.717) is 12.5 Å². The van der Waals surface area contributed by atoms with Gasteiger partial charge in [0.05, 0.1) is 0 Å². The summed E-state index contributed by atoms with van der Waals surface area (Å²) < 4.78 is 0. The molecule has 4 nitrogen and oxygen atoms in total. The van der Waals surface area contributed by atoms with Crippen molar-refractivity contribution in [3.63, 3.8) is 0 Å². The zero-order valence-electron chi connectivity index (χ0n) is 11.5. The van der Waals surface area contributed by atoms with Crippen LogP contribution >= 0.6 is 0 Å². The number of nitrogens with zero attached hydrogens (tertiary/aromatic N) is 2. The van der Waals surface area contributed by atoms with Gasteiger partial charge in [-0.3, -0.25) is 9.69 Å². The van der Waals surface area contributed by atoms with Crippen molar-refractivity contribution >= 4 is 5.91 Å². The van der Waals surface area contributed by atoms with Crippen LogP contribution in [-0.4, -0.2) is 61.5 Å². The van der Waals surface area contributed by atoms with Gasteiger partial charge in [-0.1, -0.05) is 13.8 Å². The van der Waals surface area contributed by atoms with Gasteiger partial charge in [0.15, 0.2) is 0 Å². The Kier molecular flexibility index (Phi) is 6.52. The number of nitrogens with one attached hydrogen (secondary N) is 1. The van der Waals surface area contributed by atoms with E-state index >= 15 is 0 Å². The molecule has 4 heteroatoms. The highest BCUT2D eigenvalue weighted by atomic mass is 16.1. The molecule has 100 valence electrons. The molecular formula is C13H27N3O. The molecule has 2 aliphatic heterocycles. The Bertz CT molecular complexity index is 225. The van der Waals surface area contributed by atoms with E-state index in [4.69, 9.17) is 0 Å². The summed E-state index contributed by atoms with van der Waals surface area (Å²) in [6.07, 6.45) is 3.18. The molecule has 0 aromatic rings. The molecule has 0 radical (unpaired) electrons. The maximum atomic E-state index is 11.2. The van der Waals surface area contributed by atoms with Gasteiger partial charge in [0.2, 0.25) is 5.91 Å². The summed E-state index contributed by atoms with van der Waals surface area (Å²) in [5.41, 5.74) is 0. The van der Waals surface area contributed by atoms with Crippen LogP contribution in [0.15, 0.2) is 0 Å². The van der Waals surface area contributed by atoms with E-state index in [-0.39, 0.29) is 5.91 Å². The van der Waals surface area contributed by atoms with Crippen molar-refractivity contribution in [2.75, 3.05) is 39.8 Å². The second-order valence-corrected chi connectivity index (χ2v) is 4.67. The Labute approximate surface area is 105 Å². The Morgan fingerprint density at radius 2 is 1.76 bits per heavy atom. The van der Waals surface area contributed by atoms with Crippen LogP contribution in [0.3, 0.4) is 0 Å². The molecule has 2 fully saturated rings. The van der Waals surface area contributed by atoms with Gasteiger partial charge in [0.25, 0.3) is 0 Å². The monoisotopic (exact) mass is 241 g/mol. The van der Waals surface area contributed by atoms with E-state index in [1.54, 1.807) is 0 Å². The third-order valence-corrected chi connectivity index (χ3v) is 3.55. The number of hydrogen-bond acceptors (Lipinski definition) is 3. The minimum Gasteiger partial charge on any atom is -0.355 e. The second-order valence-electron chi connectivity index (χ2n) is 4.67. The molecule has 0 atom stereocenters. The van der Waals surface area contributed by atoms with Gasteiger partial charge < -0.3 is 10.2 Å². The van der Waals surface area contributed by atoms with E-state index < -0.39 is 0 Å². The van der Waals surface area contributed by atoms with Crippen LogP contribution in [0.5, 0.6) is 0 Å². The van der Waals surface area contributed by atoms with Crippen LogP contribution in [0.1, 0.15) is 33.1 Å².